The summed E-state index contributed by atoms with van der Waals surface area (Å²) >= 11 is 5.93. The summed E-state index contributed by atoms with van der Waals surface area (Å²) in [4.78, 5) is 12.7. The maximum absolute atomic E-state index is 14.0. The van der Waals surface area contributed by atoms with Crippen molar-refractivity contribution in [2.45, 2.75) is 26.3 Å². The van der Waals surface area contributed by atoms with Gasteiger partial charge in [-0.25, -0.2) is 9.07 Å². The Bertz CT molecular complexity index is 921. The Morgan fingerprint density at radius 2 is 1.92 bits per heavy atom. The monoisotopic (exact) mass is 371 g/mol. The van der Waals surface area contributed by atoms with Gasteiger partial charge in [-0.05, 0) is 43.2 Å². The van der Waals surface area contributed by atoms with E-state index in [1.165, 1.54) is 16.9 Å². The van der Waals surface area contributed by atoms with Gasteiger partial charge in [0.2, 0.25) is 0 Å². The molecule has 0 radical (unpaired) electrons. The van der Waals surface area contributed by atoms with E-state index in [0.29, 0.717) is 22.0 Å². The Morgan fingerprint density at radius 3 is 2.58 bits per heavy atom. The van der Waals surface area contributed by atoms with Crippen LogP contribution in [0.3, 0.4) is 0 Å². The zero-order valence-corrected chi connectivity index (χ0v) is 15.3. The zero-order valence-electron chi connectivity index (χ0n) is 14.5. The van der Waals surface area contributed by atoms with Crippen molar-refractivity contribution in [2.75, 3.05) is 0 Å². The van der Waals surface area contributed by atoms with Crippen molar-refractivity contribution in [1.82, 2.24) is 15.1 Å². The van der Waals surface area contributed by atoms with Gasteiger partial charge < -0.3 is 5.32 Å². The molecule has 0 bridgehead atoms. The molecule has 1 unspecified atom stereocenters. The molecule has 0 spiro atoms. The fourth-order valence-electron chi connectivity index (χ4n) is 2.85. The summed E-state index contributed by atoms with van der Waals surface area (Å²) in [5.74, 6) is -0.634. The molecule has 134 valence electrons. The topological polar surface area (TPSA) is 46.9 Å². The minimum atomic E-state index is -0.391. The maximum Gasteiger partial charge on any atom is 0.255 e. The van der Waals surface area contributed by atoms with Gasteiger partial charge in [0, 0.05) is 5.02 Å². The Kier molecular flexibility index (Phi) is 5.38. The van der Waals surface area contributed by atoms with Gasteiger partial charge >= 0.3 is 0 Å². The molecule has 0 aliphatic rings. The van der Waals surface area contributed by atoms with Crippen LogP contribution in [-0.4, -0.2) is 15.7 Å². The molecular weight excluding hydrogens is 353 g/mol. The summed E-state index contributed by atoms with van der Waals surface area (Å²) in [6.45, 7) is 3.74. The third-order valence-corrected chi connectivity index (χ3v) is 4.57. The predicted molar refractivity (Wildman–Crippen MR) is 100 cm³/mol. The molecule has 3 aromatic rings. The lowest BCUT2D eigenvalue weighted by Gasteiger charge is -2.17. The zero-order chi connectivity index (χ0) is 18.7. The number of rotatable bonds is 5. The number of nitrogens with one attached hydrogen (secondary N) is 1. The number of amides is 1. The Hall–Kier alpha value is -2.66. The number of nitrogens with zero attached hydrogens (tertiary/aromatic N) is 2. The second-order valence-electron chi connectivity index (χ2n) is 5.99. The average Bonchev–Trinajstić information content (AvgIpc) is 3.02. The average molecular weight is 372 g/mol. The van der Waals surface area contributed by atoms with Crippen LogP contribution in [0.4, 0.5) is 4.39 Å². The van der Waals surface area contributed by atoms with Gasteiger partial charge in [0.25, 0.3) is 5.91 Å². The molecule has 26 heavy (non-hydrogen) atoms. The quantitative estimate of drug-likeness (QED) is 0.696. The fraction of sp³-hybridized carbons (Fsp3) is 0.200. The standard InChI is InChI=1S/C20H19ClFN3O/c1-3-18(14-8-10-15(21)11-9-14)24-20(26)16-12-23-25(13(16)2)19-7-5-4-6-17(19)22/h4-12,18H,3H2,1-2H3,(H,24,26). The van der Waals surface area contributed by atoms with E-state index in [0.717, 1.165) is 12.0 Å². The summed E-state index contributed by atoms with van der Waals surface area (Å²) < 4.78 is 15.5. The first-order valence-corrected chi connectivity index (χ1v) is 8.75. The smallest absolute Gasteiger partial charge is 0.255 e. The molecule has 1 heterocycles. The predicted octanol–water partition coefficient (Wildman–Crippen LogP) is 4.85. The van der Waals surface area contributed by atoms with E-state index in [4.69, 9.17) is 11.6 Å². The van der Waals surface area contributed by atoms with Crippen LogP contribution in [-0.2, 0) is 0 Å². The molecule has 0 saturated heterocycles. The SMILES string of the molecule is CCC(NC(=O)c1cnn(-c2ccccc2F)c1C)c1ccc(Cl)cc1. The van der Waals surface area contributed by atoms with Gasteiger partial charge in [0.1, 0.15) is 11.5 Å². The molecule has 1 N–H and O–H groups in total. The van der Waals surface area contributed by atoms with Crippen LogP contribution >= 0.6 is 11.6 Å². The maximum atomic E-state index is 14.0. The number of aromatic nitrogens is 2. The van der Waals surface area contributed by atoms with Gasteiger partial charge in [0.05, 0.1) is 23.5 Å². The normalized spacial score (nSPS) is 12.0. The van der Waals surface area contributed by atoms with E-state index in [9.17, 15) is 9.18 Å². The highest BCUT2D eigenvalue weighted by Crippen LogP contribution is 2.21. The molecule has 1 atom stereocenters. The van der Waals surface area contributed by atoms with Crippen LogP contribution in [0, 0.1) is 12.7 Å². The lowest BCUT2D eigenvalue weighted by molar-refractivity contribution is 0.0935. The van der Waals surface area contributed by atoms with Crippen molar-refractivity contribution in [3.05, 3.63) is 82.4 Å². The van der Waals surface area contributed by atoms with E-state index >= 15 is 0 Å². The second kappa shape index (κ2) is 7.70. The van der Waals surface area contributed by atoms with Gasteiger partial charge in [0.15, 0.2) is 0 Å². The summed E-state index contributed by atoms with van der Waals surface area (Å²) in [5.41, 5.74) is 2.29. The van der Waals surface area contributed by atoms with Crippen molar-refractivity contribution in [3.63, 3.8) is 0 Å². The van der Waals surface area contributed by atoms with Gasteiger partial charge in [-0.2, -0.15) is 5.10 Å². The molecule has 0 fully saturated rings. The molecule has 2 aromatic carbocycles. The van der Waals surface area contributed by atoms with Crippen molar-refractivity contribution in [1.29, 1.82) is 0 Å². The minimum Gasteiger partial charge on any atom is -0.345 e. The third-order valence-electron chi connectivity index (χ3n) is 4.32. The van der Waals surface area contributed by atoms with Gasteiger partial charge in [-0.3, -0.25) is 4.79 Å². The molecule has 0 aliphatic carbocycles. The minimum absolute atomic E-state index is 0.143. The lowest BCUT2D eigenvalue weighted by Crippen LogP contribution is -2.28. The molecule has 0 aliphatic heterocycles. The molecule has 4 nitrogen and oxygen atoms in total. The van der Waals surface area contributed by atoms with Gasteiger partial charge in [-0.15, -0.1) is 0 Å². The number of benzene rings is 2. The first kappa shape index (κ1) is 18.1. The van der Waals surface area contributed by atoms with Crippen molar-refractivity contribution >= 4 is 17.5 Å². The van der Waals surface area contributed by atoms with Crippen molar-refractivity contribution in [2.24, 2.45) is 0 Å². The lowest BCUT2D eigenvalue weighted by atomic mass is 10.0. The van der Waals surface area contributed by atoms with Crippen LogP contribution in [0.1, 0.15) is 41.0 Å². The fourth-order valence-corrected chi connectivity index (χ4v) is 2.98. The number of hydrogen-bond acceptors (Lipinski definition) is 2. The summed E-state index contributed by atoms with van der Waals surface area (Å²) in [6, 6.07) is 13.6. The van der Waals surface area contributed by atoms with Crippen LogP contribution in [0.2, 0.25) is 5.02 Å². The summed E-state index contributed by atoms with van der Waals surface area (Å²) in [5, 5.41) is 7.84. The molecule has 3 rings (SSSR count). The molecule has 1 aromatic heterocycles. The second-order valence-corrected chi connectivity index (χ2v) is 6.43. The molecular formula is C20H19ClFN3O. The van der Waals surface area contributed by atoms with Crippen LogP contribution < -0.4 is 5.32 Å². The van der Waals surface area contributed by atoms with Crippen LogP contribution in [0.5, 0.6) is 0 Å². The summed E-state index contributed by atoms with van der Waals surface area (Å²) in [7, 11) is 0. The first-order valence-electron chi connectivity index (χ1n) is 8.37. The number of carbonyl (C=O) groups excluding carboxylic acids is 1. The summed E-state index contributed by atoms with van der Waals surface area (Å²) in [6.07, 6.45) is 2.19. The molecule has 0 saturated carbocycles. The van der Waals surface area contributed by atoms with E-state index < -0.39 is 5.82 Å². The Labute approximate surface area is 156 Å². The number of carbonyl (C=O) groups is 1. The van der Waals surface area contributed by atoms with Crippen molar-refractivity contribution in [3.8, 4) is 5.69 Å². The van der Waals surface area contributed by atoms with Crippen LogP contribution in [0.15, 0.2) is 54.7 Å². The highest BCUT2D eigenvalue weighted by Gasteiger charge is 2.20. The van der Waals surface area contributed by atoms with E-state index in [2.05, 4.69) is 10.4 Å². The largest absolute Gasteiger partial charge is 0.345 e. The molecule has 6 heteroatoms. The number of para-hydroxylation sites is 1. The van der Waals surface area contributed by atoms with E-state index in [-0.39, 0.29) is 11.9 Å². The Balaban J connectivity index is 1.84. The van der Waals surface area contributed by atoms with Crippen molar-refractivity contribution < 1.29 is 9.18 Å². The van der Waals surface area contributed by atoms with Crippen LogP contribution in [0.25, 0.3) is 5.69 Å². The molecule has 1 amide bonds. The number of hydrogen-bond donors (Lipinski definition) is 1. The van der Waals surface area contributed by atoms with E-state index in [1.807, 2.05) is 19.1 Å². The third kappa shape index (κ3) is 3.63. The van der Waals surface area contributed by atoms with Gasteiger partial charge in [-0.1, -0.05) is 42.8 Å². The highest BCUT2D eigenvalue weighted by atomic mass is 35.5. The Morgan fingerprint density at radius 1 is 1.23 bits per heavy atom. The number of halogens is 2. The highest BCUT2D eigenvalue weighted by molar-refractivity contribution is 6.30. The first-order chi connectivity index (χ1) is 12.5. The van der Waals surface area contributed by atoms with E-state index in [1.54, 1.807) is 37.3 Å².